The van der Waals surface area contributed by atoms with Crippen LogP contribution in [0, 0.1) is 18.7 Å². The fourth-order valence-corrected chi connectivity index (χ4v) is 4.03. The fourth-order valence-electron chi connectivity index (χ4n) is 3.31. The van der Waals surface area contributed by atoms with Crippen molar-refractivity contribution in [3.05, 3.63) is 77.2 Å². The Kier molecular flexibility index (Phi) is 5.23. The zero-order valence-electron chi connectivity index (χ0n) is 17.1. The number of hydrogen-bond donors (Lipinski definition) is 3. The minimum Gasteiger partial charge on any atom is -0.318 e. The van der Waals surface area contributed by atoms with Crippen LogP contribution in [0.1, 0.15) is 15.4 Å². The first kappa shape index (κ1) is 20.6. The van der Waals surface area contributed by atoms with Crippen molar-refractivity contribution < 1.29 is 13.6 Å². The van der Waals surface area contributed by atoms with Crippen molar-refractivity contribution in [3.8, 4) is 11.3 Å². The number of aryl methyl sites for hydroxylation is 1. The quantitative estimate of drug-likeness (QED) is 0.315. The van der Waals surface area contributed by atoms with E-state index in [0.29, 0.717) is 33.2 Å². The molecular weight excluding hydrogens is 448 g/mol. The second-order valence-electron chi connectivity index (χ2n) is 7.02. The second kappa shape index (κ2) is 8.36. The van der Waals surface area contributed by atoms with Gasteiger partial charge in [0.2, 0.25) is 5.95 Å². The van der Waals surface area contributed by atoms with E-state index in [-0.39, 0.29) is 16.1 Å². The molecular formula is C22H15F2N7OS. The largest absolute Gasteiger partial charge is 0.318 e. The van der Waals surface area contributed by atoms with Gasteiger partial charge in [-0.25, -0.2) is 19.3 Å². The van der Waals surface area contributed by atoms with Crippen LogP contribution in [-0.2, 0) is 0 Å². The van der Waals surface area contributed by atoms with E-state index in [9.17, 15) is 13.6 Å². The molecule has 4 heterocycles. The SMILES string of the molecule is Cc1[nH]nc2ccc(F)c(NC(=O)c3cnc(Nc4cccc(-c5cccnc5F)n4)s3)c12. The third-order valence-corrected chi connectivity index (χ3v) is 5.75. The summed E-state index contributed by atoms with van der Waals surface area (Å²) >= 11 is 1.07. The van der Waals surface area contributed by atoms with Crippen molar-refractivity contribution in [2.45, 2.75) is 6.92 Å². The van der Waals surface area contributed by atoms with Gasteiger partial charge in [0, 0.05) is 17.3 Å². The summed E-state index contributed by atoms with van der Waals surface area (Å²) in [6.07, 6.45) is 2.75. The summed E-state index contributed by atoms with van der Waals surface area (Å²) < 4.78 is 28.4. The Bertz CT molecular complexity index is 1500. The van der Waals surface area contributed by atoms with Gasteiger partial charge in [-0.05, 0) is 43.3 Å². The third-order valence-electron chi connectivity index (χ3n) is 4.84. The maximum absolute atomic E-state index is 14.4. The molecule has 3 N–H and O–H groups in total. The Labute approximate surface area is 189 Å². The summed E-state index contributed by atoms with van der Waals surface area (Å²) in [6.45, 7) is 1.75. The molecule has 0 unspecified atom stereocenters. The molecule has 0 atom stereocenters. The minimum absolute atomic E-state index is 0.0551. The Morgan fingerprint density at radius 3 is 2.82 bits per heavy atom. The van der Waals surface area contributed by atoms with Gasteiger partial charge in [0.25, 0.3) is 5.91 Å². The van der Waals surface area contributed by atoms with E-state index in [0.717, 1.165) is 11.3 Å². The van der Waals surface area contributed by atoms with Crippen LogP contribution in [0.2, 0.25) is 0 Å². The normalized spacial score (nSPS) is 11.0. The summed E-state index contributed by atoms with van der Waals surface area (Å²) in [6, 6.07) is 11.1. The standard InChI is InChI=1S/C22H15F2N7OS/c1-11-18-15(31-30-11)8-7-13(23)19(18)29-21(32)16-10-26-22(33-16)28-17-6-2-5-14(27-17)12-4-3-9-25-20(12)24/h2-10H,1H3,(H,29,32)(H,30,31)(H,26,27,28). The van der Waals surface area contributed by atoms with Crippen LogP contribution in [-0.4, -0.2) is 31.1 Å². The van der Waals surface area contributed by atoms with Gasteiger partial charge < -0.3 is 10.6 Å². The first-order chi connectivity index (χ1) is 16.0. The van der Waals surface area contributed by atoms with Gasteiger partial charge in [-0.15, -0.1) is 0 Å². The van der Waals surface area contributed by atoms with Crippen LogP contribution in [0.25, 0.3) is 22.2 Å². The number of halogens is 2. The minimum atomic E-state index is -0.620. The molecule has 0 fully saturated rings. The number of benzene rings is 1. The van der Waals surface area contributed by atoms with Crippen LogP contribution >= 0.6 is 11.3 Å². The Balaban J connectivity index is 1.36. The predicted octanol–water partition coefficient (Wildman–Crippen LogP) is 5.06. The Morgan fingerprint density at radius 1 is 1.09 bits per heavy atom. The van der Waals surface area contributed by atoms with Gasteiger partial charge in [0.1, 0.15) is 16.5 Å². The van der Waals surface area contributed by atoms with Crippen molar-refractivity contribution in [1.82, 2.24) is 25.1 Å². The number of aromatic amines is 1. The molecule has 0 radical (unpaired) electrons. The molecule has 0 saturated carbocycles. The van der Waals surface area contributed by atoms with E-state index in [1.165, 1.54) is 24.5 Å². The summed E-state index contributed by atoms with van der Waals surface area (Å²) in [7, 11) is 0. The van der Waals surface area contributed by atoms with Crippen molar-refractivity contribution in [1.29, 1.82) is 0 Å². The van der Waals surface area contributed by atoms with Crippen LogP contribution in [0.15, 0.2) is 54.9 Å². The predicted molar refractivity (Wildman–Crippen MR) is 122 cm³/mol. The molecule has 1 amide bonds. The van der Waals surface area contributed by atoms with E-state index in [1.54, 1.807) is 37.3 Å². The molecule has 8 nitrogen and oxygen atoms in total. The molecule has 0 aliphatic heterocycles. The molecule has 0 aliphatic carbocycles. The smallest absolute Gasteiger partial charge is 0.267 e. The number of rotatable bonds is 5. The van der Waals surface area contributed by atoms with Crippen molar-refractivity contribution in [3.63, 3.8) is 0 Å². The van der Waals surface area contributed by atoms with Crippen LogP contribution in [0.5, 0.6) is 0 Å². The van der Waals surface area contributed by atoms with E-state index in [2.05, 4.69) is 35.8 Å². The number of thiazole rings is 1. The molecule has 33 heavy (non-hydrogen) atoms. The molecule has 5 rings (SSSR count). The molecule has 11 heteroatoms. The number of carbonyl (C=O) groups excluding carboxylic acids is 1. The molecule has 4 aromatic heterocycles. The monoisotopic (exact) mass is 463 g/mol. The lowest BCUT2D eigenvalue weighted by atomic mass is 10.1. The van der Waals surface area contributed by atoms with Gasteiger partial charge in [0.15, 0.2) is 5.13 Å². The summed E-state index contributed by atoms with van der Waals surface area (Å²) in [5.74, 6) is -1.27. The number of anilines is 3. The average molecular weight is 463 g/mol. The van der Waals surface area contributed by atoms with Gasteiger partial charge in [-0.1, -0.05) is 17.4 Å². The number of amides is 1. The van der Waals surface area contributed by atoms with E-state index in [1.807, 2.05) is 0 Å². The van der Waals surface area contributed by atoms with Gasteiger partial charge in [0.05, 0.1) is 28.7 Å². The highest BCUT2D eigenvalue weighted by Crippen LogP contribution is 2.30. The van der Waals surface area contributed by atoms with Gasteiger partial charge >= 0.3 is 0 Å². The maximum atomic E-state index is 14.4. The number of carbonyl (C=O) groups is 1. The van der Waals surface area contributed by atoms with Crippen LogP contribution < -0.4 is 10.6 Å². The second-order valence-corrected chi connectivity index (χ2v) is 8.05. The molecule has 0 saturated heterocycles. The number of pyridine rings is 2. The van der Waals surface area contributed by atoms with Crippen LogP contribution in [0.3, 0.4) is 0 Å². The van der Waals surface area contributed by atoms with Crippen molar-refractivity contribution in [2.75, 3.05) is 10.6 Å². The number of aromatic nitrogens is 5. The van der Waals surface area contributed by atoms with Gasteiger partial charge in [-0.2, -0.15) is 9.49 Å². The summed E-state index contributed by atoms with van der Waals surface area (Å²) in [4.78, 5) is 25.2. The third kappa shape index (κ3) is 4.01. The molecule has 0 aliphatic rings. The molecule has 5 aromatic rings. The van der Waals surface area contributed by atoms with E-state index < -0.39 is 17.7 Å². The first-order valence-electron chi connectivity index (χ1n) is 9.75. The number of hydrogen-bond acceptors (Lipinski definition) is 7. The topological polar surface area (TPSA) is 108 Å². The number of nitrogens with zero attached hydrogens (tertiary/aromatic N) is 4. The molecule has 1 aromatic carbocycles. The number of H-pyrrole nitrogens is 1. The van der Waals surface area contributed by atoms with E-state index in [4.69, 9.17) is 0 Å². The lowest BCUT2D eigenvalue weighted by molar-refractivity contribution is 0.103. The fraction of sp³-hybridized carbons (Fsp3) is 0.0455. The average Bonchev–Trinajstić information content (AvgIpc) is 3.43. The number of fused-ring (bicyclic) bond motifs is 1. The van der Waals surface area contributed by atoms with Crippen LogP contribution in [0.4, 0.5) is 25.4 Å². The Hall–Kier alpha value is -4.25. The van der Waals surface area contributed by atoms with Crippen molar-refractivity contribution >= 4 is 44.8 Å². The first-order valence-corrected chi connectivity index (χ1v) is 10.6. The number of nitrogens with one attached hydrogen (secondary N) is 3. The lowest BCUT2D eigenvalue weighted by Gasteiger charge is -2.07. The highest BCUT2D eigenvalue weighted by atomic mass is 32.1. The molecule has 164 valence electrons. The highest BCUT2D eigenvalue weighted by molar-refractivity contribution is 7.17. The highest BCUT2D eigenvalue weighted by Gasteiger charge is 2.18. The zero-order chi connectivity index (χ0) is 22.9. The molecule has 0 spiro atoms. The Morgan fingerprint density at radius 2 is 1.97 bits per heavy atom. The van der Waals surface area contributed by atoms with Gasteiger partial charge in [-0.3, -0.25) is 9.89 Å². The summed E-state index contributed by atoms with van der Waals surface area (Å²) in [5, 5.41) is 13.4. The maximum Gasteiger partial charge on any atom is 0.267 e. The van der Waals surface area contributed by atoms with Crippen molar-refractivity contribution in [2.24, 2.45) is 0 Å². The summed E-state index contributed by atoms with van der Waals surface area (Å²) in [5.41, 5.74) is 1.92. The molecule has 0 bridgehead atoms. The zero-order valence-corrected chi connectivity index (χ0v) is 17.9. The van der Waals surface area contributed by atoms with E-state index >= 15 is 0 Å². The lowest BCUT2D eigenvalue weighted by Crippen LogP contribution is -2.12.